The smallest absolute Gasteiger partial charge is 0.286 e. The van der Waals surface area contributed by atoms with E-state index in [4.69, 9.17) is 21.1 Å². The second-order valence-corrected chi connectivity index (χ2v) is 10.0. The summed E-state index contributed by atoms with van der Waals surface area (Å²) in [5, 5.41) is 35.4. The molecule has 2 amide bonds. The van der Waals surface area contributed by atoms with Crippen LogP contribution in [0.25, 0.3) is 5.65 Å². The van der Waals surface area contributed by atoms with Crippen LogP contribution in [0.15, 0.2) is 47.1 Å². The Hall–Kier alpha value is -5.00. The first kappa shape index (κ1) is 25.6. The van der Waals surface area contributed by atoms with Gasteiger partial charge in [-0.25, -0.2) is 8.97 Å². The number of aromatic nitrogens is 4. The summed E-state index contributed by atoms with van der Waals surface area (Å²) in [4.78, 5) is 48.0. The second kappa shape index (κ2) is 10.4. The van der Waals surface area contributed by atoms with Crippen molar-refractivity contribution in [2.24, 2.45) is 5.16 Å². The fraction of sp³-hybridized carbons (Fsp3) is 0.227. The molecule has 0 saturated carbocycles. The number of carboxylic acids is 1. The molecule has 0 unspecified atom stereocenters. The number of aliphatic carboxylic acids is 1. The number of nitriles is 2. The molecule has 0 radical (unpaired) electrons. The van der Waals surface area contributed by atoms with Gasteiger partial charge in [0.25, 0.3) is 17.5 Å². The van der Waals surface area contributed by atoms with Crippen molar-refractivity contribution in [1.29, 1.82) is 10.5 Å². The van der Waals surface area contributed by atoms with Crippen molar-refractivity contribution in [3.63, 3.8) is 0 Å². The number of carbonyl (C=O) groups is 3. The van der Waals surface area contributed by atoms with Crippen molar-refractivity contribution in [2.45, 2.75) is 18.0 Å². The monoisotopic (exact) mass is 564 g/mol. The maximum atomic E-state index is 13.1. The maximum absolute atomic E-state index is 13.1. The molecule has 2 aliphatic heterocycles. The number of nitrogens with one attached hydrogen (secondary N) is 1. The van der Waals surface area contributed by atoms with Crippen LogP contribution in [-0.4, -0.2) is 65.9 Å². The Kier molecular flexibility index (Phi) is 6.84. The molecule has 15 nitrogen and oxygen atoms in total. The Morgan fingerprint density at radius 2 is 2.21 bits per heavy atom. The van der Waals surface area contributed by atoms with Crippen molar-refractivity contribution in [3.05, 3.63) is 53.4 Å². The number of hydrogen-bond acceptors (Lipinski definition) is 13. The summed E-state index contributed by atoms with van der Waals surface area (Å²) in [5.41, 5.74) is 6.57. The van der Waals surface area contributed by atoms with E-state index in [9.17, 15) is 19.5 Å². The molecule has 5 rings (SSSR count). The number of oxime groups is 1. The van der Waals surface area contributed by atoms with Crippen LogP contribution in [0.5, 0.6) is 0 Å². The minimum atomic E-state index is -1.52. The SMILES string of the molecule is N#CCO/N=C(\C(=O)N[C@@H]1C(=O)N2C(C(=O)[O-])=C(C[n+]3ccn4cc(C#N)ccc43)CS[C@H]12)c1nsc(N)n1. The van der Waals surface area contributed by atoms with Crippen LogP contribution < -0.4 is 20.7 Å². The summed E-state index contributed by atoms with van der Waals surface area (Å²) < 4.78 is 7.45. The normalized spacial score (nSPS) is 18.7. The van der Waals surface area contributed by atoms with Gasteiger partial charge in [0, 0.05) is 28.9 Å². The number of β-lactam (4-membered cyclic amide) rings is 1. The lowest BCUT2D eigenvalue weighted by molar-refractivity contribution is -0.662. The number of fused-ring (bicyclic) bond motifs is 2. The Bertz CT molecular complexity index is 1660. The second-order valence-electron chi connectivity index (χ2n) is 8.15. The standard InChI is InChI=1S/C22H16N10O5S2/c23-3-6-37-28-14(17-27-22(25)39-29-17)18(33)26-15-19(34)32-16(21(35)36)12(10-38-20(15)32)9-31-5-4-30-8-11(7-24)1-2-13(30)31/h1-2,4-5,8,15,20H,6,9-10H2,(H3-,25,26,27,29,33,35,36)/b28-14-/t15-,20-/m1/s1. The van der Waals surface area contributed by atoms with Crippen LogP contribution >= 0.6 is 23.3 Å². The zero-order valence-electron chi connectivity index (χ0n) is 19.7. The van der Waals surface area contributed by atoms with Crippen LogP contribution in [0.3, 0.4) is 0 Å². The Morgan fingerprint density at radius 3 is 2.90 bits per heavy atom. The molecule has 0 aliphatic carbocycles. The fourth-order valence-electron chi connectivity index (χ4n) is 4.15. The molecule has 0 bridgehead atoms. The van der Waals surface area contributed by atoms with Gasteiger partial charge in [0.05, 0.1) is 17.2 Å². The average molecular weight is 565 g/mol. The molecule has 0 spiro atoms. The minimum Gasteiger partial charge on any atom is -0.543 e. The third-order valence-corrected chi connectivity index (χ3v) is 7.71. The van der Waals surface area contributed by atoms with Crippen LogP contribution in [0.2, 0.25) is 0 Å². The lowest BCUT2D eigenvalue weighted by Gasteiger charge is -2.50. The lowest BCUT2D eigenvalue weighted by Crippen LogP contribution is -2.71. The van der Waals surface area contributed by atoms with Crippen LogP contribution in [0.1, 0.15) is 11.4 Å². The minimum absolute atomic E-state index is 0.0650. The first-order chi connectivity index (χ1) is 18.8. The van der Waals surface area contributed by atoms with E-state index in [1.165, 1.54) is 11.8 Å². The summed E-state index contributed by atoms with van der Waals surface area (Å²) in [6.45, 7) is -0.279. The van der Waals surface area contributed by atoms with Crippen LogP contribution in [0, 0.1) is 22.7 Å². The first-order valence-corrected chi connectivity index (χ1v) is 12.9. The van der Waals surface area contributed by atoms with E-state index in [1.54, 1.807) is 45.8 Å². The van der Waals surface area contributed by atoms with E-state index >= 15 is 0 Å². The van der Waals surface area contributed by atoms with E-state index in [0.717, 1.165) is 16.4 Å². The molecular weight excluding hydrogens is 548 g/mol. The van der Waals surface area contributed by atoms with Crippen molar-refractivity contribution >= 4 is 57.6 Å². The molecule has 5 heterocycles. The molecule has 3 aromatic heterocycles. The number of nitrogens with zero attached hydrogens (tertiary/aromatic N) is 8. The van der Waals surface area contributed by atoms with E-state index in [2.05, 4.69) is 25.9 Å². The van der Waals surface area contributed by atoms with Crippen molar-refractivity contribution in [2.75, 3.05) is 18.1 Å². The molecule has 39 heavy (non-hydrogen) atoms. The molecule has 196 valence electrons. The molecule has 3 aromatic rings. The van der Waals surface area contributed by atoms with E-state index in [-0.39, 0.29) is 29.0 Å². The van der Waals surface area contributed by atoms with E-state index < -0.39 is 41.5 Å². The average Bonchev–Trinajstić information content (AvgIpc) is 3.54. The number of anilines is 1. The van der Waals surface area contributed by atoms with Gasteiger partial charge in [-0.3, -0.25) is 14.5 Å². The quantitative estimate of drug-likeness (QED) is 0.0990. The number of carbonyl (C=O) groups excluding carboxylic acids is 3. The van der Waals surface area contributed by atoms with Crippen molar-refractivity contribution in [3.8, 4) is 12.1 Å². The summed E-state index contributed by atoms with van der Waals surface area (Å²) in [6.07, 6.45) is 5.12. The molecule has 1 fully saturated rings. The van der Waals surface area contributed by atoms with E-state index in [0.29, 0.717) is 16.8 Å². The third-order valence-electron chi connectivity index (χ3n) is 5.83. The van der Waals surface area contributed by atoms with Gasteiger partial charge in [-0.15, -0.1) is 11.8 Å². The number of carboxylic acid groups (broad SMARTS) is 1. The van der Waals surface area contributed by atoms with Gasteiger partial charge >= 0.3 is 0 Å². The number of nitrogen functional groups attached to an aromatic ring is 1. The third kappa shape index (κ3) is 4.72. The van der Waals surface area contributed by atoms with Gasteiger partial charge in [0.2, 0.25) is 18.1 Å². The number of rotatable bonds is 8. The summed E-state index contributed by atoms with van der Waals surface area (Å²) in [6, 6.07) is 6.09. The molecule has 1 saturated heterocycles. The number of amides is 2. The predicted molar refractivity (Wildman–Crippen MR) is 132 cm³/mol. The predicted octanol–water partition coefficient (Wildman–Crippen LogP) is -2.12. The van der Waals surface area contributed by atoms with Crippen LogP contribution in [0.4, 0.5) is 5.13 Å². The van der Waals surface area contributed by atoms with E-state index in [1.807, 2.05) is 0 Å². The fourth-order valence-corrected chi connectivity index (χ4v) is 5.92. The van der Waals surface area contributed by atoms with Gasteiger partial charge in [0.15, 0.2) is 5.13 Å². The topological polar surface area (TPSA) is 219 Å². The van der Waals surface area contributed by atoms with Crippen molar-refractivity contribution in [1.82, 2.24) is 24.0 Å². The molecule has 2 aliphatic rings. The number of nitrogens with two attached hydrogens (primary N) is 1. The maximum Gasteiger partial charge on any atom is 0.286 e. The zero-order chi connectivity index (χ0) is 27.7. The largest absolute Gasteiger partial charge is 0.543 e. The molecule has 2 atom stereocenters. The highest BCUT2D eigenvalue weighted by atomic mass is 32.2. The van der Waals surface area contributed by atoms with Gasteiger partial charge in [-0.2, -0.15) is 19.9 Å². The molecule has 0 aromatic carbocycles. The molecule has 17 heteroatoms. The summed E-state index contributed by atoms with van der Waals surface area (Å²) >= 11 is 2.09. The van der Waals surface area contributed by atoms with Gasteiger partial charge in [-0.05, 0) is 6.07 Å². The number of pyridine rings is 1. The first-order valence-electron chi connectivity index (χ1n) is 11.1. The highest BCUT2D eigenvalue weighted by Gasteiger charge is 2.53. The Morgan fingerprint density at radius 1 is 1.38 bits per heavy atom. The lowest BCUT2D eigenvalue weighted by atomic mass is 10.0. The zero-order valence-corrected chi connectivity index (χ0v) is 21.3. The Labute approximate surface area is 227 Å². The van der Waals surface area contributed by atoms with Gasteiger partial charge in [0.1, 0.15) is 48.7 Å². The summed E-state index contributed by atoms with van der Waals surface area (Å²) in [7, 11) is 0. The Balaban J connectivity index is 1.36. The highest BCUT2D eigenvalue weighted by Crippen LogP contribution is 2.40. The number of thioether (sulfide) groups is 1. The van der Waals surface area contributed by atoms with Crippen LogP contribution in [-0.2, 0) is 25.8 Å². The van der Waals surface area contributed by atoms with Crippen molar-refractivity contribution < 1.29 is 28.9 Å². The number of imidazole rings is 1. The number of hydrogen-bond donors (Lipinski definition) is 2. The molecular formula is C22H16N10O5S2. The summed E-state index contributed by atoms with van der Waals surface area (Å²) in [5.74, 6) is -2.92. The van der Waals surface area contributed by atoms with Gasteiger partial charge < -0.3 is 25.8 Å². The van der Waals surface area contributed by atoms with Gasteiger partial charge in [-0.1, -0.05) is 5.16 Å². The molecule has 3 N–H and O–H groups in total. The highest BCUT2D eigenvalue weighted by molar-refractivity contribution is 8.00.